The predicted molar refractivity (Wildman–Crippen MR) is 66.8 cm³/mol. The lowest BCUT2D eigenvalue weighted by atomic mass is 10.2. The van der Waals surface area contributed by atoms with Crippen LogP contribution in [0.5, 0.6) is 0 Å². The van der Waals surface area contributed by atoms with Gasteiger partial charge in [-0.25, -0.2) is 9.97 Å². The number of H-pyrrole nitrogens is 1. The Morgan fingerprint density at radius 3 is 2.82 bits per heavy atom. The van der Waals surface area contributed by atoms with Gasteiger partial charge in [0.15, 0.2) is 5.82 Å². The number of pyridine rings is 1. The van der Waals surface area contributed by atoms with Crippen LogP contribution >= 0.6 is 0 Å². The van der Waals surface area contributed by atoms with Crippen molar-refractivity contribution >= 4 is 0 Å². The molecule has 0 atom stereocenters. The van der Waals surface area contributed by atoms with Gasteiger partial charge in [0.2, 0.25) is 0 Å². The molecule has 0 unspecified atom stereocenters. The van der Waals surface area contributed by atoms with Gasteiger partial charge in [0, 0.05) is 17.5 Å². The van der Waals surface area contributed by atoms with E-state index in [1.807, 2.05) is 18.2 Å². The molecule has 2 heterocycles. The fraction of sp³-hybridized carbons (Fsp3) is 0.308. The van der Waals surface area contributed by atoms with Crippen molar-refractivity contribution in [2.75, 3.05) is 0 Å². The standard InChI is InChI=1S/C13H15N3O/c1-3-5-10-6-4-7-11(15-10)13-14-9(2)8-12(17)16-13/h4,6-8H,3,5H2,1-2H3,(H,14,16,17). The van der Waals surface area contributed by atoms with Gasteiger partial charge in [-0.05, 0) is 25.5 Å². The van der Waals surface area contributed by atoms with Gasteiger partial charge in [0.1, 0.15) is 5.69 Å². The van der Waals surface area contributed by atoms with Crippen LogP contribution < -0.4 is 5.56 Å². The number of nitrogens with zero attached hydrogens (tertiary/aromatic N) is 2. The Hall–Kier alpha value is -1.97. The third-order valence-corrected chi connectivity index (χ3v) is 2.43. The summed E-state index contributed by atoms with van der Waals surface area (Å²) in [5.74, 6) is 0.535. The molecule has 4 nitrogen and oxygen atoms in total. The fourth-order valence-corrected chi connectivity index (χ4v) is 1.71. The van der Waals surface area contributed by atoms with Crippen molar-refractivity contribution in [1.29, 1.82) is 0 Å². The molecule has 2 aromatic rings. The molecule has 0 saturated heterocycles. The minimum atomic E-state index is -0.143. The van der Waals surface area contributed by atoms with E-state index in [4.69, 9.17) is 0 Å². The summed E-state index contributed by atoms with van der Waals surface area (Å²) in [6.45, 7) is 3.91. The molecule has 1 N–H and O–H groups in total. The molecular weight excluding hydrogens is 214 g/mol. The van der Waals surface area contributed by atoms with Crippen molar-refractivity contribution in [1.82, 2.24) is 15.0 Å². The smallest absolute Gasteiger partial charge is 0.251 e. The van der Waals surface area contributed by atoms with Crippen LogP contribution in [0.3, 0.4) is 0 Å². The molecule has 2 aromatic heterocycles. The number of aromatic amines is 1. The maximum atomic E-state index is 11.4. The topological polar surface area (TPSA) is 58.6 Å². The lowest BCUT2D eigenvalue weighted by molar-refractivity contribution is 0.881. The molecule has 0 aliphatic rings. The highest BCUT2D eigenvalue weighted by Crippen LogP contribution is 2.12. The first-order valence-electron chi connectivity index (χ1n) is 5.73. The van der Waals surface area contributed by atoms with Crippen molar-refractivity contribution in [2.24, 2.45) is 0 Å². The van der Waals surface area contributed by atoms with Gasteiger partial charge in [-0.1, -0.05) is 19.4 Å². The van der Waals surface area contributed by atoms with Gasteiger partial charge in [0.25, 0.3) is 5.56 Å². The van der Waals surface area contributed by atoms with Crippen molar-refractivity contribution < 1.29 is 0 Å². The zero-order chi connectivity index (χ0) is 12.3. The lowest BCUT2D eigenvalue weighted by Crippen LogP contribution is -2.09. The van der Waals surface area contributed by atoms with E-state index >= 15 is 0 Å². The molecule has 0 radical (unpaired) electrons. The largest absolute Gasteiger partial charge is 0.305 e. The van der Waals surface area contributed by atoms with Crippen molar-refractivity contribution in [3.05, 3.63) is 46.0 Å². The fourth-order valence-electron chi connectivity index (χ4n) is 1.71. The maximum Gasteiger partial charge on any atom is 0.251 e. The summed E-state index contributed by atoms with van der Waals surface area (Å²) in [6.07, 6.45) is 1.98. The van der Waals surface area contributed by atoms with E-state index in [1.165, 1.54) is 6.07 Å². The first-order chi connectivity index (χ1) is 8.19. The molecule has 2 rings (SSSR count). The Labute approximate surface area is 99.8 Å². The number of aromatic nitrogens is 3. The monoisotopic (exact) mass is 229 g/mol. The summed E-state index contributed by atoms with van der Waals surface area (Å²) in [7, 11) is 0. The van der Waals surface area contributed by atoms with Crippen LogP contribution in [0.4, 0.5) is 0 Å². The molecule has 0 spiro atoms. The van der Waals surface area contributed by atoms with E-state index in [1.54, 1.807) is 6.92 Å². The average molecular weight is 229 g/mol. The van der Waals surface area contributed by atoms with E-state index in [0.29, 0.717) is 11.5 Å². The quantitative estimate of drug-likeness (QED) is 0.876. The van der Waals surface area contributed by atoms with Crippen LogP contribution in [-0.4, -0.2) is 15.0 Å². The molecule has 0 aliphatic carbocycles. The Morgan fingerprint density at radius 1 is 1.29 bits per heavy atom. The van der Waals surface area contributed by atoms with Crippen LogP contribution in [0.15, 0.2) is 29.1 Å². The number of rotatable bonds is 3. The van der Waals surface area contributed by atoms with Crippen LogP contribution in [0, 0.1) is 6.92 Å². The summed E-state index contributed by atoms with van der Waals surface area (Å²) in [4.78, 5) is 22.8. The highest BCUT2D eigenvalue weighted by molar-refractivity contribution is 5.48. The molecule has 0 fully saturated rings. The number of nitrogens with one attached hydrogen (secondary N) is 1. The Morgan fingerprint density at radius 2 is 2.12 bits per heavy atom. The van der Waals surface area contributed by atoms with E-state index in [9.17, 15) is 4.79 Å². The van der Waals surface area contributed by atoms with E-state index in [-0.39, 0.29) is 5.56 Å². The minimum Gasteiger partial charge on any atom is -0.305 e. The second-order valence-electron chi connectivity index (χ2n) is 4.00. The molecule has 17 heavy (non-hydrogen) atoms. The molecule has 0 amide bonds. The highest BCUT2D eigenvalue weighted by atomic mass is 16.1. The van der Waals surface area contributed by atoms with Gasteiger partial charge in [-0.2, -0.15) is 0 Å². The van der Waals surface area contributed by atoms with Crippen LogP contribution in [0.25, 0.3) is 11.5 Å². The van der Waals surface area contributed by atoms with E-state index in [0.717, 1.165) is 24.2 Å². The van der Waals surface area contributed by atoms with Gasteiger partial charge < -0.3 is 4.98 Å². The van der Waals surface area contributed by atoms with Gasteiger partial charge >= 0.3 is 0 Å². The molecule has 0 bridgehead atoms. The van der Waals surface area contributed by atoms with Crippen molar-refractivity contribution in [3.8, 4) is 11.5 Å². The maximum absolute atomic E-state index is 11.4. The minimum absolute atomic E-state index is 0.143. The van der Waals surface area contributed by atoms with Crippen molar-refractivity contribution in [3.63, 3.8) is 0 Å². The normalized spacial score (nSPS) is 10.5. The zero-order valence-corrected chi connectivity index (χ0v) is 10.0. The van der Waals surface area contributed by atoms with Crippen LogP contribution in [0.1, 0.15) is 24.7 Å². The second-order valence-corrected chi connectivity index (χ2v) is 4.00. The molecule has 0 aliphatic heterocycles. The van der Waals surface area contributed by atoms with Crippen LogP contribution in [0.2, 0.25) is 0 Å². The summed E-state index contributed by atoms with van der Waals surface area (Å²) in [6, 6.07) is 7.26. The van der Waals surface area contributed by atoms with Gasteiger partial charge in [0.05, 0.1) is 0 Å². The molecule has 0 aromatic carbocycles. The predicted octanol–water partition coefficient (Wildman–Crippen LogP) is 2.09. The lowest BCUT2D eigenvalue weighted by Gasteiger charge is -2.03. The Bertz CT molecular complexity index is 575. The highest BCUT2D eigenvalue weighted by Gasteiger charge is 2.04. The summed E-state index contributed by atoms with van der Waals surface area (Å²) < 4.78 is 0. The van der Waals surface area contributed by atoms with Gasteiger partial charge in [-0.3, -0.25) is 4.79 Å². The van der Waals surface area contributed by atoms with E-state index in [2.05, 4.69) is 21.9 Å². The third kappa shape index (κ3) is 2.78. The Kier molecular flexibility index (Phi) is 3.32. The average Bonchev–Trinajstić information content (AvgIpc) is 2.28. The van der Waals surface area contributed by atoms with Crippen molar-refractivity contribution in [2.45, 2.75) is 26.7 Å². The Balaban J connectivity index is 2.45. The summed E-state index contributed by atoms with van der Waals surface area (Å²) in [5.41, 5.74) is 2.30. The first-order valence-corrected chi connectivity index (χ1v) is 5.73. The first kappa shape index (κ1) is 11.5. The zero-order valence-electron chi connectivity index (χ0n) is 10.0. The van der Waals surface area contributed by atoms with E-state index < -0.39 is 0 Å². The van der Waals surface area contributed by atoms with Crippen LogP contribution in [-0.2, 0) is 6.42 Å². The van der Waals surface area contributed by atoms with Gasteiger partial charge in [-0.15, -0.1) is 0 Å². The summed E-state index contributed by atoms with van der Waals surface area (Å²) >= 11 is 0. The molecule has 0 saturated carbocycles. The molecule has 88 valence electrons. The number of aryl methyl sites for hydroxylation is 2. The summed E-state index contributed by atoms with van der Waals surface area (Å²) in [5, 5.41) is 0. The molecule has 4 heteroatoms. The number of hydrogen-bond donors (Lipinski definition) is 1. The molecular formula is C13H15N3O. The second kappa shape index (κ2) is 4.91. The third-order valence-electron chi connectivity index (χ3n) is 2.43. The number of hydrogen-bond acceptors (Lipinski definition) is 3. The SMILES string of the molecule is CCCc1cccc(-c2nc(C)cc(=O)[nH]2)n1.